The molecule has 7 nitrogen and oxygen atoms in total. The van der Waals surface area contributed by atoms with Gasteiger partial charge in [-0.1, -0.05) is 11.8 Å². The molecule has 0 aliphatic carbocycles. The molecule has 1 heterocycles. The van der Waals surface area contributed by atoms with Gasteiger partial charge >= 0.3 is 0 Å². The fourth-order valence-corrected chi connectivity index (χ4v) is 2.18. The molecule has 0 aliphatic heterocycles. The van der Waals surface area contributed by atoms with E-state index in [1.807, 2.05) is 0 Å². The number of hydrogen-bond donors (Lipinski definition) is 1. The van der Waals surface area contributed by atoms with Crippen molar-refractivity contribution in [3.63, 3.8) is 0 Å². The van der Waals surface area contributed by atoms with Crippen molar-refractivity contribution in [3.05, 3.63) is 56.5 Å². The molecule has 0 radical (unpaired) electrons. The predicted octanol–water partition coefficient (Wildman–Crippen LogP) is 1.64. The fourth-order valence-electron chi connectivity index (χ4n) is 1.37. The summed E-state index contributed by atoms with van der Waals surface area (Å²) in [6, 6.07) is 5.38. The normalized spacial score (nSPS) is 10.1. The molecule has 0 amide bonds. The minimum Gasteiger partial charge on any atom is -0.301 e. The van der Waals surface area contributed by atoms with Crippen molar-refractivity contribution in [1.82, 2.24) is 9.97 Å². The highest BCUT2D eigenvalue weighted by atomic mass is 32.2. The number of carbonyl (C=O) groups excluding carboxylic acids is 1. The Bertz CT molecular complexity index is 698. The predicted molar refractivity (Wildman–Crippen MR) is 67.5 cm³/mol. The summed E-state index contributed by atoms with van der Waals surface area (Å²) in [6.07, 6.45) is 1.77. The molecule has 0 fully saturated rings. The average Bonchev–Trinajstić information content (AvgIpc) is 2.38. The summed E-state index contributed by atoms with van der Waals surface area (Å²) in [5.41, 5.74) is -0.572. The van der Waals surface area contributed by atoms with Crippen molar-refractivity contribution in [2.45, 2.75) is 10.1 Å². The minimum atomic E-state index is -0.624. The SMILES string of the molecule is O=Cc1cc(Sc2nccc(=O)[nH]2)ccc1[N+](=O)[O-]. The van der Waals surface area contributed by atoms with Crippen LogP contribution in [-0.2, 0) is 0 Å². The second kappa shape index (κ2) is 5.44. The molecule has 1 aromatic heterocycles. The van der Waals surface area contributed by atoms with Gasteiger partial charge in [-0.05, 0) is 12.1 Å². The Labute approximate surface area is 110 Å². The first kappa shape index (κ1) is 13.0. The zero-order chi connectivity index (χ0) is 13.8. The zero-order valence-corrected chi connectivity index (χ0v) is 10.2. The Kier molecular flexibility index (Phi) is 3.71. The van der Waals surface area contributed by atoms with Crippen LogP contribution in [0.25, 0.3) is 0 Å². The van der Waals surface area contributed by atoms with E-state index in [-0.39, 0.29) is 16.8 Å². The third kappa shape index (κ3) is 3.05. The van der Waals surface area contributed by atoms with Gasteiger partial charge < -0.3 is 4.98 Å². The highest BCUT2D eigenvalue weighted by Crippen LogP contribution is 2.28. The van der Waals surface area contributed by atoms with E-state index in [1.165, 1.54) is 30.5 Å². The number of nitro groups is 1. The number of nitrogens with zero attached hydrogens (tertiary/aromatic N) is 2. The Balaban J connectivity index is 2.34. The summed E-state index contributed by atoms with van der Waals surface area (Å²) in [5, 5.41) is 11.0. The molecule has 0 bridgehead atoms. The van der Waals surface area contributed by atoms with Gasteiger partial charge in [-0.3, -0.25) is 19.7 Å². The molecule has 2 rings (SSSR count). The number of aromatic nitrogens is 2. The Morgan fingerprint density at radius 2 is 2.16 bits per heavy atom. The lowest BCUT2D eigenvalue weighted by Gasteiger charge is -2.01. The van der Waals surface area contributed by atoms with Crippen LogP contribution in [0.5, 0.6) is 0 Å². The number of aromatic amines is 1. The first-order valence-corrected chi connectivity index (χ1v) is 5.88. The third-order valence-corrected chi connectivity index (χ3v) is 3.08. The lowest BCUT2D eigenvalue weighted by molar-refractivity contribution is -0.385. The van der Waals surface area contributed by atoms with Gasteiger partial charge in [0, 0.05) is 23.2 Å². The standard InChI is InChI=1S/C11H7N3O4S/c15-6-7-5-8(1-2-9(7)14(17)18)19-11-12-4-3-10(16)13-11/h1-6H,(H,12,13,16). The summed E-state index contributed by atoms with van der Waals surface area (Å²) in [5.74, 6) is 0. The molecule has 2 aromatic rings. The van der Waals surface area contributed by atoms with Gasteiger partial charge in [0.1, 0.15) is 0 Å². The maximum atomic E-state index is 11.1. The number of carbonyl (C=O) groups is 1. The highest BCUT2D eigenvalue weighted by molar-refractivity contribution is 7.99. The van der Waals surface area contributed by atoms with E-state index in [1.54, 1.807) is 0 Å². The van der Waals surface area contributed by atoms with Crippen LogP contribution in [0.2, 0.25) is 0 Å². The van der Waals surface area contributed by atoms with Crippen molar-refractivity contribution in [3.8, 4) is 0 Å². The molecule has 1 N–H and O–H groups in total. The molecule has 0 atom stereocenters. The van der Waals surface area contributed by atoms with E-state index in [0.717, 1.165) is 11.8 Å². The van der Waals surface area contributed by atoms with Crippen LogP contribution >= 0.6 is 11.8 Å². The average molecular weight is 277 g/mol. The van der Waals surface area contributed by atoms with Crippen LogP contribution in [0.15, 0.2) is 45.3 Å². The molecule has 0 saturated heterocycles. The Morgan fingerprint density at radius 3 is 2.79 bits per heavy atom. The van der Waals surface area contributed by atoms with Crippen LogP contribution in [0.4, 0.5) is 5.69 Å². The number of H-pyrrole nitrogens is 1. The van der Waals surface area contributed by atoms with Crippen LogP contribution in [0, 0.1) is 10.1 Å². The summed E-state index contributed by atoms with van der Waals surface area (Å²) < 4.78 is 0. The van der Waals surface area contributed by atoms with Crippen molar-refractivity contribution in [2.24, 2.45) is 0 Å². The van der Waals surface area contributed by atoms with E-state index >= 15 is 0 Å². The summed E-state index contributed by atoms with van der Waals surface area (Å²) >= 11 is 1.10. The largest absolute Gasteiger partial charge is 0.301 e. The molecule has 8 heteroatoms. The van der Waals surface area contributed by atoms with E-state index in [9.17, 15) is 19.7 Å². The molecule has 19 heavy (non-hydrogen) atoms. The van der Waals surface area contributed by atoms with Gasteiger partial charge in [-0.25, -0.2) is 4.98 Å². The van der Waals surface area contributed by atoms with E-state index in [4.69, 9.17) is 0 Å². The Hall–Kier alpha value is -2.48. The van der Waals surface area contributed by atoms with E-state index < -0.39 is 4.92 Å². The van der Waals surface area contributed by atoms with Crippen LogP contribution in [0.3, 0.4) is 0 Å². The quantitative estimate of drug-likeness (QED) is 0.394. The van der Waals surface area contributed by atoms with Crippen molar-refractivity contribution in [2.75, 3.05) is 0 Å². The topological polar surface area (TPSA) is 106 Å². The molecule has 0 spiro atoms. The number of hydrogen-bond acceptors (Lipinski definition) is 6. The first-order chi connectivity index (χ1) is 9.10. The van der Waals surface area contributed by atoms with Crippen molar-refractivity contribution < 1.29 is 9.72 Å². The number of rotatable bonds is 4. The molecule has 0 aliphatic rings. The van der Waals surface area contributed by atoms with Gasteiger partial charge in [0.25, 0.3) is 11.2 Å². The zero-order valence-electron chi connectivity index (χ0n) is 9.40. The maximum Gasteiger partial charge on any atom is 0.279 e. The summed E-state index contributed by atoms with van der Waals surface area (Å²) in [7, 11) is 0. The highest BCUT2D eigenvalue weighted by Gasteiger charge is 2.14. The van der Waals surface area contributed by atoms with Crippen molar-refractivity contribution >= 4 is 23.7 Å². The number of aldehydes is 1. The van der Waals surface area contributed by atoms with Crippen LogP contribution < -0.4 is 5.56 Å². The Morgan fingerprint density at radius 1 is 1.37 bits per heavy atom. The second-order valence-electron chi connectivity index (χ2n) is 3.44. The summed E-state index contributed by atoms with van der Waals surface area (Å²) in [4.78, 5) is 39.0. The fraction of sp³-hybridized carbons (Fsp3) is 0. The lowest BCUT2D eigenvalue weighted by Crippen LogP contribution is -2.05. The van der Waals surface area contributed by atoms with Gasteiger partial charge in [-0.2, -0.15) is 0 Å². The number of nitrogens with one attached hydrogen (secondary N) is 1. The van der Waals surface area contributed by atoms with Crippen molar-refractivity contribution in [1.29, 1.82) is 0 Å². The summed E-state index contributed by atoms with van der Waals surface area (Å²) in [6.45, 7) is 0. The number of nitro benzene ring substituents is 1. The number of benzene rings is 1. The molecular formula is C11H7N3O4S. The molecule has 0 unspecified atom stereocenters. The molecule has 1 aromatic carbocycles. The monoisotopic (exact) mass is 277 g/mol. The third-order valence-electron chi connectivity index (χ3n) is 2.19. The smallest absolute Gasteiger partial charge is 0.279 e. The van der Waals surface area contributed by atoms with Gasteiger partial charge in [0.2, 0.25) is 0 Å². The molecular weight excluding hydrogens is 270 g/mol. The minimum absolute atomic E-state index is 0.0201. The lowest BCUT2D eigenvalue weighted by atomic mass is 10.2. The van der Waals surface area contributed by atoms with Gasteiger partial charge in [0.15, 0.2) is 11.4 Å². The van der Waals surface area contributed by atoms with Gasteiger partial charge in [-0.15, -0.1) is 0 Å². The van der Waals surface area contributed by atoms with Crippen LogP contribution in [-0.4, -0.2) is 21.2 Å². The molecule has 96 valence electrons. The molecule has 0 saturated carbocycles. The van der Waals surface area contributed by atoms with E-state index in [2.05, 4.69) is 9.97 Å². The van der Waals surface area contributed by atoms with Crippen LogP contribution in [0.1, 0.15) is 10.4 Å². The first-order valence-electron chi connectivity index (χ1n) is 5.07. The maximum absolute atomic E-state index is 11.1. The van der Waals surface area contributed by atoms with Gasteiger partial charge in [0.05, 0.1) is 10.5 Å². The second-order valence-corrected chi connectivity index (χ2v) is 4.50. The van der Waals surface area contributed by atoms with E-state index in [0.29, 0.717) is 16.3 Å².